The first-order valence-corrected chi connectivity index (χ1v) is 7.51. The Morgan fingerprint density at radius 1 is 0.897 bits per heavy atom. The second-order valence-corrected chi connectivity index (χ2v) is 5.55. The Labute approximate surface area is 158 Å². The molecule has 0 radical (unpaired) electrons. The fourth-order valence-electron chi connectivity index (χ4n) is 2.40. The smallest absolute Gasteiger partial charge is 0.460 e. The normalized spacial score (nSPS) is 12.6. The number of methoxy groups -OCH3 is 2. The highest BCUT2D eigenvalue weighted by Gasteiger charge is 2.74. The first-order chi connectivity index (χ1) is 13.3. The number of benzene rings is 1. The zero-order chi connectivity index (χ0) is 22.2. The third-order valence-electron chi connectivity index (χ3n) is 3.84. The van der Waals surface area contributed by atoms with E-state index in [1.165, 1.54) is 6.07 Å². The first kappa shape index (κ1) is 22.2. The Kier molecular flexibility index (Phi) is 5.68. The van der Waals surface area contributed by atoms with Crippen molar-refractivity contribution < 1.29 is 54.2 Å². The number of ether oxygens (including phenoxy) is 2. The average Bonchev–Trinajstić information content (AvgIpc) is 3.19. The highest BCUT2D eigenvalue weighted by atomic mass is 19.4. The molecule has 0 aliphatic rings. The number of carbonyl (C=O) groups is 2. The fraction of sp³-hybridized carbons (Fsp3) is 0.294. The minimum Gasteiger partial charge on any atom is -0.465 e. The molecule has 12 heteroatoms. The van der Waals surface area contributed by atoms with Crippen molar-refractivity contribution in [3.8, 4) is 11.3 Å². The van der Waals surface area contributed by atoms with Gasteiger partial charge in [0.05, 0.1) is 31.6 Å². The van der Waals surface area contributed by atoms with Crippen molar-refractivity contribution in [2.45, 2.75) is 18.0 Å². The number of hydrogen-bond donors (Lipinski definition) is 0. The Hall–Kier alpha value is -3.05. The quantitative estimate of drug-likeness (QED) is 0.505. The maximum atomic E-state index is 14.4. The van der Waals surface area contributed by atoms with E-state index in [4.69, 9.17) is 4.42 Å². The summed E-state index contributed by atoms with van der Waals surface area (Å²) in [5.74, 6) is -15.6. The van der Waals surface area contributed by atoms with Crippen LogP contribution < -0.4 is 0 Å². The zero-order valence-electron chi connectivity index (χ0n) is 14.6. The molecule has 0 spiro atoms. The second-order valence-electron chi connectivity index (χ2n) is 5.55. The summed E-state index contributed by atoms with van der Waals surface area (Å²) in [5.41, 5.74) is -4.58. The average molecular weight is 428 g/mol. The molecule has 1 heterocycles. The highest BCUT2D eigenvalue weighted by Crippen LogP contribution is 2.53. The Bertz CT molecular complexity index is 917. The van der Waals surface area contributed by atoms with Gasteiger partial charge < -0.3 is 13.9 Å². The lowest BCUT2D eigenvalue weighted by Gasteiger charge is -2.30. The molecule has 2 aromatic rings. The van der Waals surface area contributed by atoms with Gasteiger partial charge in [-0.15, -0.1) is 0 Å². The van der Waals surface area contributed by atoms with E-state index in [2.05, 4.69) is 9.47 Å². The molecule has 29 heavy (non-hydrogen) atoms. The van der Waals surface area contributed by atoms with Crippen molar-refractivity contribution >= 4 is 11.9 Å². The van der Waals surface area contributed by atoms with E-state index < -0.39 is 52.2 Å². The van der Waals surface area contributed by atoms with Crippen molar-refractivity contribution in [3.63, 3.8) is 0 Å². The summed E-state index contributed by atoms with van der Waals surface area (Å²) in [6.45, 7) is 0. The topological polar surface area (TPSA) is 65.7 Å². The van der Waals surface area contributed by atoms with Crippen LogP contribution in [0.2, 0.25) is 0 Å². The molecule has 0 unspecified atom stereocenters. The number of rotatable bonds is 5. The van der Waals surface area contributed by atoms with Crippen LogP contribution in [0.15, 0.2) is 34.9 Å². The minimum absolute atomic E-state index is 0.136. The summed E-state index contributed by atoms with van der Waals surface area (Å²) in [5, 5.41) is 0. The van der Waals surface area contributed by atoms with Gasteiger partial charge in [0.25, 0.3) is 0 Å². The van der Waals surface area contributed by atoms with Gasteiger partial charge in [0, 0.05) is 11.1 Å². The van der Waals surface area contributed by atoms with Crippen molar-refractivity contribution in [1.29, 1.82) is 0 Å². The first-order valence-electron chi connectivity index (χ1n) is 7.51. The van der Waals surface area contributed by atoms with Gasteiger partial charge in [-0.1, -0.05) is 0 Å². The van der Waals surface area contributed by atoms with Gasteiger partial charge in [0.15, 0.2) is 0 Å². The van der Waals surface area contributed by atoms with Gasteiger partial charge in [-0.25, -0.2) is 9.59 Å². The number of esters is 2. The van der Waals surface area contributed by atoms with Crippen molar-refractivity contribution in [3.05, 3.63) is 47.2 Å². The molecule has 5 nitrogen and oxygen atoms in total. The monoisotopic (exact) mass is 428 g/mol. The van der Waals surface area contributed by atoms with Gasteiger partial charge in [-0.3, -0.25) is 0 Å². The van der Waals surface area contributed by atoms with Crippen LogP contribution in [0.25, 0.3) is 11.3 Å². The summed E-state index contributed by atoms with van der Waals surface area (Å²) in [4.78, 5) is 23.8. The van der Waals surface area contributed by atoms with E-state index in [1.807, 2.05) is 0 Å². The molecular weight excluding hydrogens is 417 g/mol. The van der Waals surface area contributed by atoms with E-state index in [9.17, 15) is 40.3 Å². The number of alkyl halides is 7. The van der Waals surface area contributed by atoms with Gasteiger partial charge in [-0.05, 0) is 24.3 Å². The Morgan fingerprint density at radius 2 is 1.45 bits per heavy atom. The summed E-state index contributed by atoms with van der Waals surface area (Å²) in [6, 6.07) is 2.89. The SMILES string of the molecule is COC(=O)c1cc(C(=O)OC)c(C(F)(F)C(F)(F)C(F)(F)F)cc1-c1ccco1. The molecule has 0 fully saturated rings. The molecule has 0 atom stereocenters. The van der Waals surface area contributed by atoms with Crippen molar-refractivity contribution in [2.75, 3.05) is 14.2 Å². The number of furan rings is 1. The largest absolute Gasteiger partial charge is 0.465 e. The molecule has 0 aliphatic heterocycles. The predicted molar refractivity (Wildman–Crippen MR) is 81.7 cm³/mol. The lowest BCUT2D eigenvalue weighted by Crippen LogP contribution is -2.50. The molecule has 0 saturated carbocycles. The maximum Gasteiger partial charge on any atom is 0.460 e. The minimum atomic E-state index is -6.64. The predicted octanol–water partition coefficient (Wildman–Crippen LogP) is 4.81. The van der Waals surface area contributed by atoms with Crippen molar-refractivity contribution in [2.24, 2.45) is 0 Å². The van der Waals surface area contributed by atoms with E-state index >= 15 is 0 Å². The number of hydrogen-bond acceptors (Lipinski definition) is 5. The third-order valence-corrected chi connectivity index (χ3v) is 3.84. The van der Waals surface area contributed by atoms with Crippen LogP contribution in [0.3, 0.4) is 0 Å². The highest BCUT2D eigenvalue weighted by molar-refractivity contribution is 6.01. The summed E-state index contributed by atoms with van der Waals surface area (Å²) < 4.78 is 107. The van der Waals surface area contributed by atoms with Crippen molar-refractivity contribution in [1.82, 2.24) is 0 Å². The summed E-state index contributed by atoms with van der Waals surface area (Å²) in [6.07, 6.45) is -5.61. The lowest BCUT2D eigenvalue weighted by molar-refractivity contribution is -0.359. The van der Waals surface area contributed by atoms with Gasteiger partial charge in [0.2, 0.25) is 0 Å². The van der Waals surface area contributed by atoms with Crippen LogP contribution in [0.5, 0.6) is 0 Å². The van der Waals surface area contributed by atoms with Gasteiger partial charge in [-0.2, -0.15) is 30.7 Å². The molecule has 0 saturated heterocycles. The van der Waals surface area contributed by atoms with Crippen LogP contribution in [-0.4, -0.2) is 38.3 Å². The van der Waals surface area contributed by atoms with Gasteiger partial charge >= 0.3 is 30.0 Å². The molecular formula is C17H11F7O5. The molecule has 158 valence electrons. The molecule has 0 amide bonds. The maximum absolute atomic E-state index is 14.4. The van der Waals surface area contributed by atoms with Crippen LogP contribution in [-0.2, 0) is 15.4 Å². The second kappa shape index (κ2) is 7.41. The standard InChI is InChI=1S/C17H11F7O5/c1-27-13(25)9-6-10(14(26)28-2)11(7-8(9)12-4-3-5-29-12)15(18,19)16(20,21)17(22,23)24/h3-7H,1-2H3. The summed E-state index contributed by atoms with van der Waals surface area (Å²) in [7, 11) is 1.58. The fourth-order valence-corrected chi connectivity index (χ4v) is 2.40. The Balaban J connectivity index is 2.92. The Morgan fingerprint density at radius 3 is 1.90 bits per heavy atom. The molecule has 0 bridgehead atoms. The lowest BCUT2D eigenvalue weighted by atomic mass is 9.90. The van der Waals surface area contributed by atoms with Crippen LogP contribution in [0.1, 0.15) is 26.3 Å². The van der Waals surface area contributed by atoms with E-state index in [0.717, 1.165) is 19.4 Å². The molecule has 2 rings (SSSR count). The zero-order valence-corrected chi connectivity index (χ0v) is 14.6. The van der Waals surface area contributed by atoms with E-state index in [1.54, 1.807) is 0 Å². The number of halogens is 7. The van der Waals surface area contributed by atoms with Crippen LogP contribution in [0, 0.1) is 0 Å². The molecule has 1 aromatic heterocycles. The van der Waals surface area contributed by atoms with E-state index in [-0.39, 0.29) is 11.8 Å². The number of carbonyl (C=O) groups excluding carboxylic acids is 2. The molecule has 0 aliphatic carbocycles. The summed E-state index contributed by atoms with van der Waals surface area (Å²) >= 11 is 0. The van der Waals surface area contributed by atoms with Gasteiger partial charge in [0.1, 0.15) is 5.76 Å². The van der Waals surface area contributed by atoms with E-state index in [0.29, 0.717) is 13.2 Å². The van der Waals surface area contributed by atoms with Crippen LogP contribution >= 0.6 is 0 Å². The molecule has 1 aromatic carbocycles. The third kappa shape index (κ3) is 3.66. The molecule has 0 N–H and O–H groups in total. The van der Waals surface area contributed by atoms with Crippen LogP contribution in [0.4, 0.5) is 30.7 Å².